The average Bonchev–Trinajstić information content (AvgIpc) is 3.07. The van der Waals surface area contributed by atoms with E-state index in [1.54, 1.807) is 0 Å². The molecule has 0 radical (unpaired) electrons. The zero-order valence-corrected chi connectivity index (χ0v) is 14.3. The highest BCUT2D eigenvalue weighted by Crippen LogP contribution is 2.34. The number of nitrogens with zero attached hydrogens (tertiary/aromatic N) is 1. The van der Waals surface area contributed by atoms with Crippen molar-refractivity contribution in [3.8, 4) is 16.9 Å². The Hall–Kier alpha value is -2.97. The van der Waals surface area contributed by atoms with E-state index in [1.165, 1.54) is 0 Å². The predicted molar refractivity (Wildman–Crippen MR) is 106 cm³/mol. The highest BCUT2D eigenvalue weighted by molar-refractivity contribution is 6.30. The lowest BCUT2D eigenvalue weighted by atomic mass is 10.1. The third-order valence-corrected chi connectivity index (χ3v) is 4.34. The third-order valence-electron chi connectivity index (χ3n) is 4.09. The van der Waals surface area contributed by atoms with E-state index in [1.807, 2.05) is 60.7 Å². The van der Waals surface area contributed by atoms with Crippen LogP contribution in [0, 0.1) is 0 Å². The minimum atomic E-state index is 0.735. The fraction of sp³-hybridized carbons (Fsp3) is 0. The number of nitrogens with one attached hydrogen (secondary N) is 1. The Morgan fingerprint density at radius 1 is 0.680 bits per heavy atom. The van der Waals surface area contributed by atoms with Crippen LogP contribution in [0.25, 0.3) is 16.9 Å². The van der Waals surface area contributed by atoms with Crippen LogP contribution in [0.3, 0.4) is 0 Å². The number of rotatable bonds is 4. The fourth-order valence-electron chi connectivity index (χ4n) is 2.92. The number of anilines is 2. The molecule has 3 aromatic carbocycles. The first-order valence-electron chi connectivity index (χ1n) is 8.16. The van der Waals surface area contributed by atoms with Crippen molar-refractivity contribution in [1.82, 2.24) is 4.57 Å². The molecule has 0 amide bonds. The zero-order chi connectivity index (χ0) is 17.1. The molecule has 4 aromatic rings. The minimum absolute atomic E-state index is 0.735. The molecule has 1 heterocycles. The SMILES string of the molecule is Clc1ccc(-c2c(Nc3ccccc3)ccn2-c2ccccc2)cc1. The van der Waals surface area contributed by atoms with Gasteiger partial charge in [0.25, 0.3) is 0 Å². The van der Waals surface area contributed by atoms with E-state index in [-0.39, 0.29) is 0 Å². The second-order valence-corrected chi connectivity index (χ2v) is 6.22. The molecule has 1 N–H and O–H groups in total. The van der Waals surface area contributed by atoms with Crippen LogP contribution in [0.4, 0.5) is 11.4 Å². The van der Waals surface area contributed by atoms with Crippen LogP contribution in [0.1, 0.15) is 0 Å². The molecule has 0 fully saturated rings. The van der Waals surface area contributed by atoms with Crippen LogP contribution >= 0.6 is 11.6 Å². The lowest BCUT2D eigenvalue weighted by molar-refractivity contribution is 1.09. The highest BCUT2D eigenvalue weighted by atomic mass is 35.5. The first-order chi connectivity index (χ1) is 12.3. The van der Waals surface area contributed by atoms with Gasteiger partial charge in [0.15, 0.2) is 0 Å². The molecule has 0 aliphatic heterocycles. The smallest absolute Gasteiger partial charge is 0.0765 e. The van der Waals surface area contributed by atoms with Crippen molar-refractivity contribution in [3.63, 3.8) is 0 Å². The molecule has 0 bridgehead atoms. The van der Waals surface area contributed by atoms with Crippen molar-refractivity contribution in [2.24, 2.45) is 0 Å². The van der Waals surface area contributed by atoms with Crippen molar-refractivity contribution >= 4 is 23.0 Å². The van der Waals surface area contributed by atoms with Gasteiger partial charge in [0.1, 0.15) is 0 Å². The second-order valence-electron chi connectivity index (χ2n) is 5.78. The summed E-state index contributed by atoms with van der Waals surface area (Å²) in [4.78, 5) is 0. The Morgan fingerprint density at radius 3 is 2.00 bits per heavy atom. The number of hydrogen-bond acceptors (Lipinski definition) is 1. The molecule has 0 atom stereocenters. The van der Waals surface area contributed by atoms with Crippen LogP contribution < -0.4 is 5.32 Å². The summed E-state index contributed by atoms with van der Waals surface area (Å²) in [6, 6.07) is 30.6. The maximum Gasteiger partial charge on any atom is 0.0765 e. The summed E-state index contributed by atoms with van der Waals surface area (Å²) in [6.45, 7) is 0. The molecule has 0 aliphatic rings. The molecule has 0 unspecified atom stereocenters. The summed E-state index contributed by atoms with van der Waals surface area (Å²) >= 11 is 6.08. The van der Waals surface area contributed by atoms with Crippen molar-refractivity contribution in [2.45, 2.75) is 0 Å². The minimum Gasteiger partial charge on any atom is -0.354 e. The van der Waals surface area contributed by atoms with Crippen molar-refractivity contribution in [3.05, 3.63) is 102 Å². The van der Waals surface area contributed by atoms with Crippen LogP contribution in [-0.2, 0) is 0 Å². The molecule has 0 aliphatic carbocycles. The lowest BCUT2D eigenvalue weighted by Crippen LogP contribution is -1.98. The normalized spacial score (nSPS) is 10.6. The zero-order valence-electron chi connectivity index (χ0n) is 13.6. The molecular formula is C22H17ClN2. The maximum absolute atomic E-state index is 6.08. The van der Waals surface area contributed by atoms with Gasteiger partial charge < -0.3 is 9.88 Å². The van der Waals surface area contributed by atoms with Crippen LogP contribution in [0.15, 0.2) is 97.2 Å². The number of benzene rings is 3. The van der Waals surface area contributed by atoms with Gasteiger partial charge >= 0.3 is 0 Å². The largest absolute Gasteiger partial charge is 0.354 e. The van der Waals surface area contributed by atoms with Gasteiger partial charge in [-0.15, -0.1) is 0 Å². The third kappa shape index (κ3) is 3.30. The molecule has 3 heteroatoms. The summed E-state index contributed by atoms with van der Waals surface area (Å²) in [5.74, 6) is 0. The van der Waals surface area contributed by atoms with Gasteiger partial charge in [-0.25, -0.2) is 0 Å². The van der Waals surface area contributed by atoms with Gasteiger partial charge in [0.05, 0.1) is 11.4 Å². The van der Waals surface area contributed by atoms with Crippen LogP contribution in [-0.4, -0.2) is 4.57 Å². The molecule has 122 valence electrons. The molecule has 0 saturated heterocycles. The number of hydrogen-bond donors (Lipinski definition) is 1. The van der Waals surface area contributed by atoms with Gasteiger partial charge in [-0.2, -0.15) is 0 Å². The average molecular weight is 345 g/mol. The van der Waals surface area contributed by atoms with Crippen molar-refractivity contribution in [1.29, 1.82) is 0 Å². The summed E-state index contributed by atoms with van der Waals surface area (Å²) in [7, 11) is 0. The van der Waals surface area contributed by atoms with E-state index >= 15 is 0 Å². The summed E-state index contributed by atoms with van der Waals surface area (Å²) in [6.07, 6.45) is 2.09. The Morgan fingerprint density at radius 2 is 1.32 bits per heavy atom. The van der Waals surface area contributed by atoms with E-state index in [0.29, 0.717) is 0 Å². The van der Waals surface area contributed by atoms with Crippen molar-refractivity contribution in [2.75, 3.05) is 5.32 Å². The van der Waals surface area contributed by atoms with Gasteiger partial charge in [-0.1, -0.05) is 60.1 Å². The van der Waals surface area contributed by atoms with Crippen LogP contribution in [0.5, 0.6) is 0 Å². The van der Waals surface area contributed by atoms with Gasteiger partial charge in [0.2, 0.25) is 0 Å². The molecule has 0 saturated carbocycles. The van der Waals surface area contributed by atoms with E-state index < -0.39 is 0 Å². The maximum atomic E-state index is 6.08. The summed E-state index contributed by atoms with van der Waals surface area (Å²) < 4.78 is 2.19. The second kappa shape index (κ2) is 6.88. The van der Waals surface area contributed by atoms with E-state index in [9.17, 15) is 0 Å². The first-order valence-corrected chi connectivity index (χ1v) is 8.54. The number of halogens is 1. The van der Waals surface area contributed by atoms with E-state index in [2.05, 4.69) is 46.4 Å². The monoisotopic (exact) mass is 344 g/mol. The molecule has 1 aromatic heterocycles. The molecular weight excluding hydrogens is 328 g/mol. The fourth-order valence-corrected chi connectivity index (χ4v) is 3.04. The number of aromatic nitrogens is 1. The van der Waals surface area contributed by atoms with E-state index in [0.717, 1.165) is 33.3 Å². The van der Waals surface area contributed by atoms with Crippen LogP contribution in [0.2, 0.25) is 5.02 Å². The molecule has 4 rings (SSSR count). The van der Waals surface area contributed by atoms with Gasteiger partial charge in [-0.3, -0.25) is 0 Å². The molecule has 25 heavy (non-hydrogen) atoms. The predicted octanol–water partition coefficient (Wildman–Crippen LogP) is 6.54. The highest BCUT2D eigenvalue weighted by Gasteiger charge is 2.13. The quantitative estimate of drug-likeness (QED) is 0.444. The Kier molecular flexibility index (Phi) is 4.28. The topological polar surface area (TPSA) is 17.0 Å². The summed E-state index contributed by atoms with van der Waals surface area (Å²) in [5.41, 5.74) is 5.44. The Labute approximate surface area is 152 Å². The molecule has 0 spiro atoms. The van der Waals surface area contributed by atoms with Crippen molar-refractivity contribution < 1.29 is 0 Å². The molecule has 2 nitrogen and oxygen atoms in total. The number of para-hydroxylation sites is 2. The standard InChI is InChI=1S/C22H17ClN2/c23-18-13-11-17(12-14-18)22-21(24-19-7-3-1-4-8-19)15-16-25(22)20-9-5-2-6-10-20/h1-16,24H. The Bertz CT molecular complexity index is 958. The lowest BCUT2D eigenvalue weighted by Gasteiger charge is -2.13. The van der Waals surface area contributed by atoms with E-state index in [4.69, 9.17) is 11.6 Å². The first kappa shape index (κ1) is 15.6. The van der Waals surface area contributed by atoms with Gasteiger partial charge in [0, 0.05) is 28.2 Å². The Balaban J connectivity index is 1.84. The van der Waals surface area contributed by atoms with Gasteiger partial charge in [-0.05, 0) is 42.5 Å². The summed E-state index contributed by atoms with van der Waals surface area (Å²) in [5, 5.41) is 4.26.